The highest BCUT2D eigenvalue weighted by Gasteiger charge is 2.31. The van der Waals surface area contributed by atoms with E-state index in [0.717, 1.165) is 11.1 Å². The lowest BCUT2D eigenvalue weighted by Crippen LogP contribution is -2.48. The number of fused-ring (bicyclic) bond motifs is 1. The lowest BCUT2D eigenvalue weighted by molar-refractivity contribution is -0.139. The van der Waals surface area contributed by atoms with Gasteiger partial charge in [0.25, 0.3) is 0 Å². The molecule has 3 rings (SSSR count). The number of rotatable bonds is 5. The molecule has 0 spiro atoms. The zero-order valence-corrected chi connectivity index (χ0v) is 14.1. The second kappa shape index (κ2) is 7.03. The van der Waals surface area contributed by atoms with Gasteiger partial charge in [0.1, 0.15) is 5.52 Å². The van der Waals surface area contributed by atoms with Crippen LogP contribution in [-0.2, 0) is 16.0 Å². The molecule has 2 heterocycles. The van der Waals surface area contributed by atoms with E-state index in [0.29, 0.717) is 38.2 Å². The maximum atomic E-state index is 12.3. The quantitative estimate of drug-likeness (QED) is 0.912. The number of amides is 2. The first kappa shape index (κ1) is 16.5. The van der Waals surface area contributed by atoms with Gasteiger partial charge in [-0.3, -0.25) is 9.59 Å². The van der Waals surface area contributed by atoms with Crippen molar-refractivity contribution in [2.75, 3.05) is 13.1 Å². The van der Waals surface area contributed by atoms with Gasteiger partial charge in [-0.15, -0.1) is 0 Å². The third-order valence-corrected chi connectivity index (χ3v) is 4.41. The Bertz CT molecular complexity index is 705. The number of benzene rings is 1. The van der Waals surface area contributed by atoms with E-state index in [1.165, 1.54) is 0 Å². The van der Waals surface area contributed by atoms with Gasteiger partial charge in [0.2, 0.25) is 11.8 Å². The van der Waals surface area contributed by atoms with Gasteiger partial charge in [-0.1, -0.05) is 12.1 Å². The maximum Gasteiger partial charge on any atom is 0.224 e. The number of piperidine rings is 1. The number of carbonyl (C=O) groups excluding carboxylic acids is 2. The number of hydrogen-bond acceptors (Lipinski definition) is 4. The van der Waals surface area contributed by atoms with Crippen molar-refractivity contribution < 1.29 is 14.0 Å². The normalized spacial score (nSPS) is 18.4. The number of nitrogens with zero attached hydrogens (tertiary/aromatic N) is 2. The van der Waals surface area contributed by atoms with Gasteiger partial charge in [-0.2, -0.15) is 0 Å². The van der Waals surface area contributed by atoms with Gasteiger partial charge in [0.15, 0.2) is 11.5 Å². The Balaban J connectivity index is 1.51. The summed E-state index contributed by atoms with van der Waals surface area (Å²) in [6.45, 7) is 4.94. The summed E-state index contributed by atoms with van der Waals surface area (Å²) < 4.78 is 5.64. The van der Waals surface area contributed by atoms with Gasteiger partial charge < -0.3 is 14.6 Å². The lowest BCUT2D eigenvalue weighted by Gasteiger charge is -2.34. The van der Waals surface area contributed by atoms with Crippen molar-refractivity contribution in [3.05, 3.63) is 30.2 Å². The summed E-state index contributed by atoms with van der Waals surface area (Å²) in [7, 11) is 0. The molecule has 0 aliphatic carbocycles. The molecule has 1 saturated heterocycles. The fourth-order valence-corrected chi connectivity index (χ4v) is 3.05. The van der Waals surface area contributed by atoms with Crippen LogP contribution in [-0.4, -0.2) is 40.8 Å². The van der Waals surface area contributed by atoms with Gasteiger partial charge in [-0.05, 0) is 32.4 Å². The number of oxazole rings is 1. The molecule has 1 aromatic heterocycles. The molecule has 1 aliphatic heterocycles. The average Bonchev–Trinajstić information content (AvgIpc) is 2.97. The number of hydrogen-bond donors (Lipinski definition) is 1. The molecule has 0 saturated carbocycles. The summed E-state index contributed by atoms with van der Waals surface area (Å²) in [6, 6.07) is 7.74. The molecular weight excluding hydrogens is 306 g/mol. The maximum absolute atomic E-state index is 12.3. The van der Waals surface area contributed by atoms with E-state index in [9.17, 15) is 9.59 Å². The highest BCUT2D eigenvalue weighted by molar-refractivity contribution is 5.84. The van der Waals surface area contributed by atoms with Crippen molar-refractivity contribution in [1.29, 1.82) is 0 Å². The highest BCUT2D eigenvalue weighted by Crippen LogP contribution is 2.20. The van der Waals surface area contributed by atoms with Crippen LogP contribution in [0.15, 0.2) is 28.7 Å². The van der Waals surface area contributed by atoms with Gasteiger partial charge in [-0.25, -0.2) is 4.98 Å². The molecule has 1 N–H and O–H groups in total. The molecule has 6 heteroatoms. The predicted octanol–water partition coefficient (Wildman–Crippen LogP) is 2.13. The first-order valence-electron chi connectivity index (χ1n) is 8.46. The van der Waals surface area contributed by atoms with Gasteiger partial charge in [0, 0.05) is 32.0 Å². The fourth-order valence-electron chi connectivity index (χ4n) is 3.05. The molecular formula is C18H23N3O3. The minimum Gasteiger partial charge on any atom is -0.441 e. The smallest absolute Gasteiger partial charge is 0.224 e. The number of carbonyl (C=O) groups is 2. The second-order valence-corrected chi connectivity index (χ2v) is 6.49. The van der Waals surface area contributed by atoms with Crippen LogP contribution in [0.4, 0.5) is 0 Å². The van der Waals surface area contributed by atoms with E-state index in [1.54, 1.807) is 4.90 Å². The Morgan fingerprint density at radius 2 is 2.21 bits per heavy atom. The average molecular weight is 329 g/mol. The third-order valence-electron chi connectivity index (χ3n) is 4.41. The van der Waals surface area contributed by atoms with E-state index in [4.69, 9.17) is 4.42 Å². The van der Waals surface area contributed by atoms with Crippen LogP contribution >= 0.6 is 0 Å². The van der Waals surface area contributed by atoms with E-state index in [2.05, 4.69) is 10.3 Å². The third kappa shape index (κ3) is 3.58. The van der Waals surface area contributed by atoms with Crippen LogP contribution in [0.3, 0.4) is 0 Å². The summed E-state index contributed by atoms with van der Waals surface area (Å²) in [5.41, 5.74) is 1.59. The monoisotopic (exact) mass is 329 g/mol. The van der Waals surface area contributed by atoms with E-state index in [1.807, 2.05) is 38.1 Å². The Morgan fingerprint density at radius 1 is 1.42 bits per heavy atom. The molecule has 1 fully saturated rings. The molecule has 6 nitrogen and oxygen atoms in total. The van der Waals surface area contributed by atoms with Crippen molar-refractivity contribution in [3.8, 4) is 0 Å². The zero-order chi connectivity index (χ0) is 17.1. The van der Waals surface area contributed by atoms with Gasteiger partial charge in [0.05, 0.1) is 5.92 Å². The van der Waals surface area contributed by atoms with Gasteiger partial charge >= 0.3 is 0 Å². The number of nitrogens with one attached hydrogen (secondary N) is 1. The molecule has 0 bridgehead atoms. The predicted molar refractivity (Wildman–Crippen MR) is 90.3 cm³/mol. The summed E-state index contributed by atoms with van der Waals surface area (Å²) in [5.74, 6) is 0.637. The largest absolute Gasteiger partial charge is 0.441 e. The highest BCUT2D eigenvalue weighted by atomic mass is 16.3. The van der Waals surface area contributed by atoms with Crippen molar-refractivity contribution in [2.45, 2.75) is 39.2 Å². The Labute approximate surface area is 141 Å². The van der Waals surface area contributed by atoms with Crippen LogP contribution < -0.4 is 5.32 Å². The summed E-state index contributed by atoms with van der Waals surface area (Å²) >= 11 is 0. The molecule has 2 aromatic rings. The molecule has 1 atom stereocenters. The summed E-state index contributed by atoms with van der Waals surface area (Å²) in [6.07, 6.45) is 1.62. The van der Waals surface area contributed by atoms with Crippen molar-refractivity contribution in [3.63, 3.8) is 0 Å². The topological polar surface area (TPSA) is 75.4 Å². The summed E-state index contributed by atoms with van der Waals surface area (Å²) in [4.78, 5) is 30.4. The fraction of sp³-hybridized carbons (Fsp3) is 0.500. The van der Waals surface area contributed by atoms with Crippen molar-refractivity contribution >= 4 is 22.9 Å². The van der Waals surface area contributed by atoms with Crippen LogP contribution in [0.2, 0.25) is 0 Å². The SMILES string of the molecule is CC(C)N1C[C@@H](C(=O)NCCc2nc3ccccc3o2)CCC1=O. The minimum absolute atomic E-state index is 0.00395. The first-order valence-corrected chi connectivity index (χ1v) is 8.46. The molecule has 24 heavy (non-hydrogen) atoms. The second-order valence-electron chi connectivity index (χ2n) is 6.49. The van der Waals surface area contributed by atoms with E-state index < -0.39 is 0 Å². The van der Waals surface area contributed by atoms with Crippen molar-refractivity contribution in [1.82, 2.24) is 15.2 Å². The van der Waals surface area contributed by atoms with Crippen molar-refractivity contribution in [2.24, 2.45) is 5.92 Å². The van der Waals surface area contributed by atoms with E-state index in [-0.39, 0.29) is 23.8 Å². The van der Waals surface area contributed by atoms with Crippen LogP contribution in [0.5, 0.6) is 0 Å². The molecule has 128 valence electrons. The number of likely N-dealkylation sites (tertiary alicyclic amines) is 1. The molecule has 0 unspecified atom stereocenters. The Hall–Kier alpha value is -2.37. The van der Waals surface area contributed by atoms with Crippen LogP contribution in [0.25, 0.3) is 11.1 Å². The number of para-hydroxylation sites is 2. The first-order chi connectivity index (χ1) is 11.5. The molecule has 1 aromatic carbocycles. The van der Waals surface area contributed by atoms with Crippen LogP contribution in [0.1, 0.15) is 32.6 Å². The summed E-state index contributed by atoms with van der Waals surface area (Å²) in [5, 5.41) is 2.94. The number of aromatic nitrogens is 1. The van der Waals surface area contributed by atoms with Crippen LogP contribution in [0, 0.1) is 5.92 Å². The Morgan fingerprint density at radius 3 is 2.96 bits per heavy atom. The standard InChI is InChI=1S/C18H23N3O3/c1-12(2)21-11-13(7-8-17(21)22)18(23)19-10-9-16-20-14-5-3-4-6-15(14)24-16/h3-6,12-13H,7-11H2,1-2H3,(H,19,23)/t13-/m0/s1. The lowest BCUT2D eigenvalue weighted by atomic mass is 9.95. The zero-order valence-electron chi connectivity index (χ0n) is 14.1. The Kier molecular flexibility index (Phi) is 4.83. The molecule has 1 aliphatic rings. The molecule has 0 radical (unpaired) electrons. The van der Waals surface area contributed by atoms with E-state index >= 15 is 0 Å². The molecule has 2 amide bonds. The minimum atomic E-state index is -0.131.